The number of nitrogens with one attached hydrogen (secondary N) is 2. The van der Waals surface area contributed by atoms with Crippen molar-refractivity contribution in [2.75, 3.05) is 13.1 Å². The first kappa shape index (κ1) is 11.7. The molecule has 0 aliphatic carbocycles. The molecular weight excluding hydrogens is 224 g/mol. The Balaban J connectivity index is 1.88. The number of fused-ring (bicyclic) bond motifs is 1. The number of hydrogen-bond acceptors (Lipinski definition) is 3. The monoisotopic (exact) mass is 244 g/mol. The molecule has 1 fully saturated rings. The first-order valence-corrected chi connectivity index (χ1v) is 6.66. The smallest absolute Gasteiger partial charge is 0.104 e. The molecule has 1 saturated heterocycles. The highest BCUT2D eigenvalue weighted by Crippen LogP contribution is 2.28. The maximum Gasteiger partial charge on any atom is 0.104 e. The number of rotatable bonds is 2. The molecule has 2 aromatic rings. The van der Waals surface area contributed by atoms with E-state index in [1.165, 1.54) is 18.4 Å². The van der Waals surface area contributed by atoms with Gasteiger partial charge in [0, 0.05) is 6.04 Å². The molecule has 1 aromatic heterocycles. The summed E-state index contributed by atoms with van der Waals surface area (Å²) in [4.78, 5) is 7.70. The molecule has 4 nitrogen and oxygen atoms in total. The lowest BCUT2D eigenvalue weighted by molar-refractivity contribution is 0.322. The van der Waals surface area contributed by atoms with E-state index in [1.807, 2.05) is 6.92 Å². The van der Waals surface area contributed by atoms with Gasteiger partial charge >= 0.3 is 0 Å². The van der Waals surface area contributed by atoms with Crippen molar-refractivity contribution in [3.8, 4) is 0 Å². The standard InChI is InChI=1S/C14H20N4/c1-9-17-12-3-2-11(8-13(12)18-9)14(15)10-4-6-16-7-5-10/h2-3,8,10,14,16H,4-7,15H2,1H3,(H,17,18). The number of nitrogens with two attached hydrogens (primary N) is 1. The van der Waals surface area contributed by atoms with Gasteiger partial charge in [0.15, 0.2) is 0 Å². The van der Waals surface area contributed by atoms with Gasteiger partial charge in [-0.1, -0.05) is 6.07 Å². The summed E-state index contributed by atoms with van der Waals surface area (Å²) in [5.74, 6) is 1.55. The highest BCUT2D eigenvalue weighted by atomic mass is 14.9. The van der Waals surface area contributed by atoms with Crippen LogP contribution in [0.1, 0.15) is 30.3 Å². The summed E-state index contributed by atoms with van der Waals surface area (Å²) in [7, 11) is 0. The van der Waals surface area contributed by atoms with Crippen LogP contribution in [0.25, 0.3) is 11.0 Å². The van der Waals surface area contributed by atoms with Gasteiger partial charge in [-0.25, -0.2) is 4.98 Å². The minimum absolute atomic E-state index is 0.139. The van der Waals surface area contributed by atoms with Gasteiger partial charge in [-0.2, -0.15) is 0 Å². The zero-order valence-electron chi connectivity index (χ0n) is 10.7. The van der Waals surface area contributed by atoms with Crippen LogP contribution in [-0.4, -0.2) is 23.1 Å². The first-order valence-electron chi connectivity index (χ1n) is 6.66. The number of nitrogens with zero attached hydrogens (tertiary/aromatic N) is 1. The number of aryl methyl sites for hydroxylation is 1. The molecule has 4 N–H and O–H groups in total. The van der Waals surface area contributed by atoms with Crippen molar-refractivity contribution in [2.24, 2.45) is 11.7 Å². The number of aromatic amines is 1. The number of hydrogen-bond donors (Lipinski definition) is 3. The Bertz CT molecular complexity index is 540. The highest BCUT2D eigenvalue weighted by Gasteiger charge is 2.21. The Morgan fingerprint density at radius 3 is 2.89 bits per heavy atom. The number of imidazole rings is 1. The van der Waals surface area contributed by atoms with E-state index >= 15 is 0 Å². The van der Waals surface area contributed by atoms with E-state index in [9.17, 15) is 0 Å². The van der Waals surface area contributed by atoms with Crippen LogP contribution < -0.4 is 11.1 Å². The number of aromatic nitrogens is 2. The van der Waals surface area contributed by atoms with Gasteiger partial charge in [-0.3, -0.25) is 0 Å². The fourth-order valence-corrected chi connectivity index (χ4v) is 2.84. The minimum Gasteiger partial charge on any atom is -0.342 e. The average molecular weight is 244 g/mol. The van der Waals surface area contributed by atoms with Gasteiger partial charge < -0.3 is 16.0 Å². The van der Waals surface area contributed by atoms with Gasteiger partial charge in [0.25, 0.3) is 0 Å². The van der Waals surface area contributed by atoms with Crippen LogP contribution in [-0.2, 0) is 0 Å². The van der Waals surface area contributed by atoms with Crippen molar-refractivity contribution in [2.45, 2.75) is 25.8 Å². The number of benzene rings is 1. The van der Waals surface area contributed by atoms with E-state index in [2.05, 4.69) is 33.5 Å². The second-order valence-electron chi connectivity index (χ2n) is 5.21. The summed E-state index contributed by atoms with van der Waals surface area (Å²) in [6.45, 7) is 4.15. The summed E-state index contributed by atoms with van der Waals surface area (Å²) in [6, 6.07) is 6.48. The maximum atomic E-state index is 6.41. The van der Waals surface area contributed by atoms with E-state index in [4.69, 9.17) is 5.73 Å². The molecule has 1 unspecified atom stereocenters. The lowest BCUT2D eigenvalue weighted by Crippen LogP contribution is -2.33. The summed E-state index contributed by atoms with van der Waals surface area (Å²) in [5.41, 5.74) is 9.74. The van der Waals surface area contributed by atoms with E-state index in [0.29, 0.717) is 5.92 Å². The molecule has 0 radical (unpaired) electrons. The number of piperidine rings is 1. The van der Waals surface area contributed by atoms with Crippen molar-refractivity contribution >= 4 is 11.0 Å². The van der Waals surface area contributed by atoms with E-state index in [0.717, 1.165) is 29.9 Å². The molecule has 1 atom stereocenters. The predicted molar refractivity (Wildman–Crippen MR) is 73.4 cm³/mol. The van der Waals surface area contributed by atoms with Crippen molar-refractivity contribution in [1.29, 1.82) is 0 Å². The van der Waals surface area contributed by atoms with Crippen molar-refractivity contribution in [3.63, 3.8) is 0 Å². The molecule has 1 aromatic carbocycles. The molecule has 18 heavy (non-hydrogen) atoms. The highest BCUT2D eigenvalue weighted by molar-refractivity contribution is 5.76. The first-order chi connectivity index (χ1) is 8.74. The maximum absolute atomic E-state index is 6.41. The van der Waals surface area contributed by atoms with Gasteiger partial charge in [-0.15, -0.1) is 0 Å². The van der Waals surface area contributed by atoms with Crippen LogP contribution in [0.5, 0.6) is 0 Å². The molecule has 0 amide bonds. The average Bonchev–Trinajstić information content (AvgIpc) is 2.78. The van der Waals surface area contributed by atoms with Gasteiger partial charge in [0.05, 0.1) is 11.0 Å². The quantitative estimate of drug-likeness (QED) is 0.755. The summed E-state index contributed by atoms with van der Waals surface area (Å²) in [6.07, 6.45) is 2.34. The fourth-order valence-electron chi connectivity index (χ4n) is 2.84. The third-order valence-corrected chi connectivity index (χ3v) is 3.90. The second-order valence-corrected chi connectivity index (χ2v) is 5.21. The second kappa shape index (κ2) is 4.71. The molecule has 4 heteroatoms. The van der Waals surface area contributed by atoms with Crippen LogP contribution in [0.15, 0.2) is 18.2 Å². The molecular formula is C14H20N4. The molecule has 1 aliphatic rings. The third-order valence-electron chi connectivity index (χ3n) is 3.90. The summed E-state index contributed by atoms with van der Waals surface area (Å²) in [5, 5.41) is 3.38. The lowest BCUT2D eigenvalue weighted by atomic mass is 9.86. The molecule has 1 aliphatic heterocycles. The van der Waals surface area contributed by atoms with Gasteiger partial charge in [0.2, 0.25) is 0 Å². The minimum atomic E-state index is 0.139. The Kier molecular flexibility index (Phi) is 3.06. The lowest BCUT2D eigenvalue weighted by Gasteiger charge is -2.28. The van der Waals surface area contributed by atoms with E-state index in [1.54, 1.807) is 0 Å². The molecule has 0 saturated carbocycles. The fraction of sp³-hybridized carbons (Fsp3) is 0.500. The molecule has 0 bridgehead atoms. The molecule has 3 rings (SSSR count). The van der Waals surface area contributed by atoms with Crippen molar-refractivity contribution < 1.29 is 0 Å². The van der Waals surface area contributed by atoms with E-state index in [-0.39, 0.29) is 6.04 Å². The predicted octanol–water partition coefficient (Wildman–Crippen LogP) is 1.87. The zero-order valence-corrected chi connectivity index (χ0v) is 10.7. The van der Waals surface area contributed by atoms with Crippen molar-refractivity contribution in [1.82, 2.24) is 15.3 Å². The molecule has 96 valence electrons. The largest absolute Gasteiger partial charge is 0.342 e. The topological polar surface area (TPSA) is 66.7 Å². The summed E-state index contributed by atoms with van der Waals surface area (Å²) >= 11 is 0. The SMILES string of the molecule is Cc1nc2ccc(C(N)C3CCNCC3)cc2[nH]1. The Morgan fingerprint density at radius 1 is 1.33 bits per heavy atom. The molecule has 2 heterocycles. The van der Waals surface area contributed by atoms with Crippen LogP contribution in [0, 0.1) is 12.8 Å². The van der Waals surface area contributed by atoms with Crippen LogP contribution in [0.4, 0.5) is 0 Å². The third kappa shape index (κ3) is 2.13. The summed E-state index contributed by atoms with van der Waals surface area (Å²) < 4.78 is 0. The van der Waals surface area contributed by atoms with Crippen LogP contribution in [0.3, 0.4) is 0 Å². The number of H-pyrrole nitrogens is 1. The van der Waals surface area contributed by atoms with Gasteiger partial charge in [-0.05, 0) is 56.5 Å². The van der Waals surface area contributed by atoms with E-state index < -0.39 is 0 Å². The van der Waals surface area contributed by atoms with Crippen LogP contribution in [0.2, 0.25) is 0 Å². The van der Waals surface area contributed by atoms with Gasteiger partial charge in [0.1, 0.15) is 5.82 Å². The van der Waals surface area contributed by atoms with Crippen LogP contribution >= 0.6 is 0 Å². The van der Waals surface area contributed by atoms with Crippen molar-refractivity contribution in [3.05, 3.63) is 29.6 Å². The normalized spacial score (nSPS) is 19.2. The Hall–Kier alpha value is -1.39. The molecule has 0 spiro atoms. The zero-order chi connectivity index (χ0) is 12.5. The Morgan fingerprint density at radius 2 is 2.11 bits per heavy atom. The Labute approximate surface area is 107 Å².